The van der Waals surface area contributed by atoms with Gasteiger partial charge in [0.15, 0.2) is 5.16 Å². The van der Waals surface area contributed by atoms with Crippen molar-refractivity contribution in [2.24, 2.45) is 36.0 Å². The zero-order valence-electron chi connectivity index (χ0n) is 14.7. The Balaban J connectivity index is 1.39. The van der Waals surface area contributed by atoms with Gasteiger partial charge in [-0.2, -0.15) is 0 Å². The highest BCUT2D eigenvalue weighted by Crippen LogP contribution is 2.60. The number of thioether (sulfide) groups is 1. The number of carbonyl (C=O) groups is 2. The maximum atomic E-state index is 13.1. The van der Waals surface area contributed by atoms with E-state index in [0.717, 1.165) is 48.0 Å². The van der Waals surface area contributed by atoms with Crippen LogP contribution in [0.2, 0.25) is 0 Å². The summed E-state index contributed by atoms with van der Waals surface area (Å²) in [4.78, 5) is 24.0. The molecule has 4 aliphatic rings. The maximum absolute atomic E-state index is 13.1. The topological polar surface area (TPSA) is 90.9 Å². The van der Waals surface area contributed by atoms with Gasteiger partial charge < -0.3 is 10.3 Å². The zero-order chi connectivity index (χ0) is 17.6. The molecule has 1 aromatic rings. The van der Waals surface area contributed by atoms with E-state index in [1.165, 1.54) is 31.0 Å². The summed E-state index contributed by atoms with van der Waals surface area (Å²) in [5.41, 5.74) is 5.15. The molecule has 7 heteroatoms. The molecule has 0 spiro atoms. The number of nitrogens with zero attached hydrogens (tertiary/aromatic N) is 3. The number of primary amides is 1. The fourth-order valence-electron chi connectivity index (χ4n) is 5.66. The Kier molecular flexibility index (Phi) is 4.38. The standard InChI is InChI=1S/C18H26N4O2S/c1-22-16(3-2-15(19)24)20-21-17(22)25-10-14(23)18-7-11-4-12(8-18)6-13(5-11)9-18/h11-13H,2-10H2,1H3,(H2,19,24). The molecule has 0 radical (unpaired) electrons. The first-order chi connectivity index (χ1) is 11.9. The molecule has 1 amide bonds. The van der Waals surface area contributed by atoms with Crippen molar-refractivity contribution in [3.05, 3.63) is 5.82 Å². The van der Waals surface area contributed by atoms with E-state index in [4.69, 9.17) is 5.73 Å². The molecule has 4 aliphatic carbocycles. The molecular formula is C18H26N4O2S. The van der Waals surface area contributed by atoms with Gasteiger partial charge in [-0.25, -0.2) is 0 Å². The lowest BCUT2D eigenvalue weighted by Gasteiger charge is -2.56. The number of nitrogens with two attached hydrogens (primary N) is 1. The van der Waals surface area contributed by atoms with Crippen LogP contribution >= 0.6 is 11.8 Å². The molecule has 5 rings (SSSR count). The second kappa shape index (κ2) is 6.41. The molecule has 1 heterocycles. The molecule has 6 nitrogen and oxygen atoms in total. The Morgan fingerprint density at radius 1 is 1.16 bits per heavy atom. The van der Waals surface area contributed by atoms with Gasteiger partial charge in [-0.15, -0.1) is 10.2 Å². The molecule has 0 atom stereocenters. The molecule has 25 heavy (non-hydrogen) atoms. The first kappa shape index (κ1) is 17.1. The Bertz CT molecular complexity index is 664. The number of hydrogen-bond donors (Lipinski definition) is 1. The minimum Gasteiger partial charge on any atom is -0.370 e. The van der Waals surface area contributed by atoms with Crippen molar-refractivity contribution in [3.8, 4) is 0 Å². The Labute approximate surface area is 152 Å². The first-order valence-electron chi connectivity index (χ1n) is 9.28. The third-order valence-corrected chi connectivity index (χ3v) is 7.50. The SMILES string of the molecule is Cn1c(CCC(N)=O)nnc1SCC(=O)C12CC3CC(CC(C3)C1)C2. The summed E-state index contributed by atoms with van der Waals surface area (Å²) in [5.74, 6) is 3.66. The van der Waals surface area contributed by atoms with E-state index in [0.29, 0.717) is 18.0 Å². The van der Waals surface area contributed by atoms with Crippen LogP contribution in [0.25, 0.3) is 0 Å². The third kappa shape index (κ3) is 3.23. The van der Waals surface area contributed by atoms with Crippen LogP contribution in [0.15, 0.2) is 5.16 Å². The van der Waals surface area contributed by atoms with Gasteiger partial charge in [0.2, 0.25) is 5.91 Å². The molecule has 136 valence electrons. The molecular weight excluding hydrogens is 336 g/mol. The average Bonchev–Trinajstić information content (AvgIpc) is 2.89. The van der Waals surface area contributed by atoms with Gasteiger partial charge in [-0.1, -0.05) is 11.8 Å². The van der Waals surface area contributed by atoms with Gasteiger partial charge in [0.1, 0.15) is 11.6 Å². The lowest BCUT2D eigenvalue weighted by molar-refractivity contribution is -0.141. The highest BCUT2D eigenvalue weighted by Gasteiger charge is 2.54. The zero-order valence-corrected chi connectivity index (χ0v) is 15.6. The number of amides is 1. The van der Waals surface area contributed by atoms with E-state index in [2.05, 4.69) is 10.2 Å². The number of aromatic nitrogens is 3. The van der Waals surface area contributed by atoms with Gasteiger partial charge in [0.25, 0.3) is 0 Å². The van der Waals surface area contributed by atoms with Crippen molar-refractivity contribution in [2.45, 2.75) is 56.5 Å². The molecule has 0 saturated heterocycles. The average molecular weight is 362 g/mol. The van der Waals surface area contributed by atoms with Crippen LogP contribution in [0.3, 0.4) is 0 Å². The predicted molar refractivity (Wildman–Crippen MR) is 94.9 cm³/mol. The highest BCUT2D eigenvalue weighted by molar-refractivity contribution is 7.99. The van der Waals surface area contributed by atoms with Crippen LogP contribution in [0.4, 0.5) is 0 Å². The van der Waals surface area contributed by atoms with E-state index in [1.54, 1.807) is 0 Å². The van der Waals surface area contributed by atoms with Gasteiger partial charge in [-0.3, -0.25) is 9.59 Å². The summed E-state index contributed by atoms with van der Waals surface area (Å²) >= 11 is 1.48. The van der Waals surface area contributed by atoms with Crippen LogP contribution in [0, 0.1) is 23.2 Å². The molecule has 0 aliphatic heterocycles. The monoisotopic (exact) mass is 362 g/mol. The summed E-state index contributed by atoms with van der Waals surface area (Å²) in [6.07, 6.45) is 8.15. The van der Waals surface area contributed by atoms with Crippen LogP contribution in [-0.4, -0.2) is 32.2 Å². The molecule has 4 fully saturated rings. The summed E-state index contributed by atoms with van der Waals surface area (Å²) in [6.45, 7) is 0. The van der Waals surface area contributed by atoms with E-state index in [9.17, 15) is 9.59 Å². The number of carbonyl (C=O) groups excluding carboxylic acids is 2. The second-order valence-electron chi connectivity index (χ2n) is 8.33. The summed E-state index contributed by atoms with van der Waals surface area (Å²) in [6, 6.07) is 0. The van der Waals surface area contributed by atoms with Crippen molar-refractivity contribution < 1.29 is 9.59 Å². The van der Waals surface area contributed by atoms with Gasteiger partial charge in [0.05, 0.1) is 5.75 Å². The summed E-state index contributed by atoms with van der Waals surface area (Å²) < 4.78 is 1.88. The minimum absolute atomic E-state index is 0.0465. The summed E-state index contributed by atoms with van der Waals surface area (Å²) in [5, 5.41) is 9.06. The van der Waals surface area contributed by atoms with Crippen molar-refractivity contribution >= 4 is 23.5 Å². The quantitative estimate of drug-likeness (QED) is 0.750. The number of Topliss-reactive ketones (excluding diaryl/α,β-unsaturated/α-hetero) is 1. The number of hydrogen-bond acceptors (Lipinski definition) is 5. The molecule has 1 aromatic heterocycles. The van der Waals surface area contributed by atoms with Gasteiger partial charge in [-0.05, 0) is 56.3 Å². The third-order valence-electron chi connectivity index (χ3n) is 6.48. The predicted octanol–water partition coefficient (Wildman–Crippen LogP) is 2.11. The fourth-order valence-corrected chi connectivity index (χ4v) is 6.62. The van der Waals surface area contributed by atoms with Gasteiger partial charge >= 0.3 is 0 Å². The van der Waals surface area contributed by atoms with Crippen LogP contribution in [0.5, 0.6) is 0 Å². The van der Waals surface area contributed by atoms with E-state index in [1.807, 2.05) is 11.6 Å². The highest BCUT2D eigenvalue weighted by atomic mass is 32.2. The molecule has 4 saturated carbocycles. The van der Waals surface area contributed by atoms with E-state index >= 15 is 0 Å². The number of rotatable bonds is 7. The van der Waals surface area contributed by atoms with E-state index in [-0.39, 0.29) is 17.7 Å². The van der Waals surface area contributed by atoms with Crippen molar-refractivity contribution in [3.63, 3.8) is 0 Å². The second-order valence-corrected chi connectivity index (χ2v) is 9.28. The van der Waals surface area contributed by atoms with Crippen LogP contribution in [0.1, 0.15) is 50.8 Å². The fraction of sp³-hybridized carbons (Fsp3) is 0.778. The Hall–Kier alpha value is -1.37. The van der Waals surface area contributed by atoms with Crippen molar-refractivity contribution in [2.75, 3.05) is 5.75 Å². The lowest BCUT2D eigenvalue weighted by atomic mass is 9.48. The number of aryl methyl sites for hydroxylation is 1. The van der Waals surface area contributed by atoms with Crippen LogP contribution < -0.4 is 5.73 Å². The normalized spacial score (nSPS) is 32.9. The molecule has 0 unspecified atom stereocenters. The molecule has 2 N–H and O–H groups in total. The lowest BCUT2D eigenvalue weighted by Crippen LogP contribution is -2.50. The van der Waals surface area contributed by atoms with E-state index < -0.39 is 0 Å². The maximum Gasteiger partial charge on any atom is 0.217 e. The van der Waals surface area contributed by atoms with Crippen molar-refractivity contribution in [1.29, 1.82) is 0 Å². The van der Waals surface area contributed by atoms with Gasteiger partial charge in [0, 0.05) is 25.3 Å². The summed E-state index contributed by atoms with van der Waals surface area (Å²) in [7, 11) is 1.88. The Morgan fingerprint density at radius 2 is 1.76 bits per heavy atom. The molecule has 4 bridgehead atoms. The number of ketones is 1. The molecule has 0 aromatic carbocycles. The van der Waals surface area contributed by atoms with Crippen LogP contribution in [-0.2, 0) is 23.1 Å². The largest absolute Gasteiger partial charge is 0.370 e. The first-order valence-corrected chi connectivity index (χ1v) is 10.3. The van der Waals surface area contributed by atoms with Crippen molar-refractivity contribution in [1.82, 2.24) is 14.8 Å². The smallest absolute Gasteiger partial charge is 0.217 e. The minimum atomic E-state index is -0.339. The Morgan fingerprint density at radius 3 is 2.32 bits per heavy atom.